The minimum atomic E-state index is -3.61. The fourth-order valence-corrected chi connectivity index (χ4v) is 4.28. The van der Waals surface area contributed by atoms with Crippen LogP contribution in [0.15, 0.2) is 37.6 Å². The number of thiophene rings is 1. The van der Waals surface area contributed by atoms with E-state index in [2.05, 4.69) is 26.0 Å². The van der Waals surface area contributed by atoms with Crippen molar-refractivity contribution in [3.63, 3.8) is 0 Å². The topological polar surface area (TPSA) is 71.3 Å². The number of halogens is 1. The van der Waals surface area contributed by atoms with Gasteiger partial charge < -0.3 is 9.73 Å². The molecule has 0 aliphatic heterocycles. The maximum atomic E-state index is 12.2. The molecule has 0 unspecified atom stereocenters. The average molecular weight is 391 g/mol. The smallest absolute Gasteiger partial charge is 0.274 e. The Morgan fingerprint density at radius 3 is 2.76 bits per heavy atom. The summed E-state index contributed by atoms with van der Waals surface area (Å²) in [5.74, 6) is 0.638. The van der Waals surface area contributed by atoms with E-state index in [-0.39, 0.29) is 11.6 Å². The Labute approximate surface area is 135 Å². The molecule has 1 saturated carbocycles. The summed E-state index contributed by atoms with van der Waals surface area (Å²) in [7, 11) is -3.61. The van der Waals surface area contributed by atoms with Crippen molar-refractivity contribution < 1.29 is 12.8 Å². The highest BCUT2D eigenvalue weighted by Crippen LogP contribution is 2.23. The zero-order chi connectivity index (χ0) is 14.9. The molecular weight excluding hydrogens is 376 g/mol. The van der Waals surface area contributed by atoms with E-state index in [0.29, 0.717) is 18.3 Å². The number of sulfonamides is 1. The van der Waals surface area contributed by atoms with Gasteiger partial charge in [-0.15, -0.1) is 11.3 Å². The molecule has 0 aromatic carbocycles. The van der Waals surface area contributed by atoms with Crippen molar-refractivity contribution in [2.45, 2.75) is 37.1 Å². The lowest BCUT2D eigenvalue weighted by molar-refractivity contribution is 0.399. The Kier molecular flexibility index (Phi) is 4.51. The molecule has 0 bridgehead atoms. The molecule has 0 saturated heterocycles. The standard InChI is InChI=1S/C13H15BrN2O3S2/c14-11-5-6-20-12(11)8-16-21(17,18)13-4-3-10(19-13)7-15-9-1-2-9/h3-6,9,15-16H,1-2,7-8H2. The van der Waals surface area contributed by atoms with Crippen LogP contribution in [-0.4, -0.2) is 14.5 Å². The summed E-state index contributed by atoms with van der Waals surface area (Å²) in [6.07, 6.45) is 2.37. The normalized spacial score (nSPS) is 15.5. The average Bonchev–Trinajstić information content (AvgIpc) is 2.98. The van der Waals surface area contributed by atoms with Gasteiger partial charge >= 0.3 is 0 Å². The van der Waals surface area contributed by atoms with E-state index >= 15 is 0 Å². The predicted octanol–water partition coefficient (Wildman–Crippen LogP) is 2.83. The van der Waals surface area contributed by atoms with E-state index in [1.807, 2.05) is 11.4 Å². The molecule has 5 nitrogen and oxygen atoms in total. The highest BCUT2D eigenvalue weighted by atomic mass is 79.9. The van der Waals surface area contributed by atoms with E-state index in [4.69, 9.17) is 4.42 Å². The largest absolute Gasteiger partial charge is 0.447 e. The summed E-state index contributed by atoms with van der Waals surface area (Å²) in [5.41, 5.74) is 0. The molecule has 0 amide bonds. The summed E-state index contributed by atoms with van der Waals surface area (Å²) in [4.78, 5) is 0.931. The molecule has 2 heterocycles. The van der Waals surface area contributed by atoms with Crippen molar-refractivity contribution in [1.29, 1.82) is 0 Å². The maximum absolute atomic E-state index is 12.2. The van der Waals surface area contributed by atoms with E-state index in [0.717, 1.165) is 9.35 Å². The molecule has 1 aliphatic carbocycles. The van der Waals surface area contributed by atoms with Crippen molar-refractivity contribution in [2.75, 3.05) is 0 Å². The maximum Gasteiger partial charge on any atom is 0.274 e. The Morgan fingerprint density at radius 2 is 2.10 bits per heavy atom. The third-order valence-electron chi connectivity index (χ3n) is 3.16. The van der Waals surface area contributed by atoms with Crippen LogP contribution in [0, 0.1) is 0 Å². The predicted molar refractivity (Wildman–Crippen MR) is 84.6 cm³/mol. The van der Waals surface area contributed by atoms with Gasteiger partial charge in [0.1, 0.15) is 5.76 Å². The van der Waals surface area contributed by atoms with E-state index in [1.165, 1.54) is 30.2 Å². The Hall–Kier alpha value is -0.670. The molecule has 114 valence electrons. The first kappa shape index (κ1) is 15.2. The Bertz CT molecular complexity index is 719. The van der Waals surface area contributed by atoms with Crippen LogP contribution in [-0.2, 0) is 23.1 Å². The minimum Gasteiger partial charge on any atom is -0.447 e. The van der Waals surface area contributed by atoms with Gasteiger partial charge in [0.25, 0.3) is 10.0 Å². The van der Waals surface area contributed by atoms with Gasteiger partial charge in [-0.1, -0.05) is 0 Å². The van der Waals surface area contributed by atoms with Crippen LogP contribution < -0.4 is 10.0 Å². The second-order valence-electron chi connectivity index (χ2n) is 4.89. The lowest BCUT2D eigenvalue weighted by Crippen LogP contribution is -2.22. The fourth-order valence-electron chi connectivity index (χ4n) is 1.81. The highest BCUT2D eigenvalue weighted by molar-refractivity contribution is 9.10. The summed E-state index contributed by atoms with van der Waals surface area (Å²) in [6, 6.07) is 5.65. The summed E-state index contributed by atoms with van der Waals surface area (Å²) < 4.78 is 33.2. The molecule has 0 atom stereocenters. The third kappa shape index (κ3) is 3.95. The zero-order valence-electron chi connectivity index (χ0n) is 11.1. The molecule has 0 radical (unpaired) electrons. The summed E-state index contributed by atoms with van der Waals surface area (Å²) in [5, 5.41) is 5.15. The Balaban J connectivity index is 1.62. The van der Waals surface area contributed by atoms with Crippen molar-refractivity contribution in [3.05, 3.63) is 38.7 Å². The van der Waals surface area contributed by atoms with Gasteiger partial charge in [0.05, 0.1) is 6.54 Å². The van der Waals surface area contributed by atoms with Gasteiger partial charge in [-0.3, -0.25) is 0 Å². The van der Waals surface area contributed by atoms with Gasteiger partial charge in [0.15, 0.2) is 0 Å². The van der Waals surface area contributed by atoms with Crippen LogP contribution in [0.25, 0.3) is 0 Å². The quantitative estimate of drug-likeness (QED) is 0.762. The number of furan rings is 1. The number of rotatable bonds is 7. The highest BCUT2D eigenvalue weighted by Gasteiger charge is 2.22. The number of hydrogen-bond donors (Lipinski definition) is 2. The van der Waals surface area contributed by atoms with Crippen molar-refractivity contribution in [3.8, 4) is 0 Å². The molecule has 21 heavy (non-hydrogen) atoms. The third-order valence-corrected chi connectivity index (χ3v) is 6.36. The second kappa shape index (κ2) is 6.21. The van der Waals surface area contributed by atoms with Crippen LogP contribution in [0.3, 0.4) is 0 Å². The van der Waals surface area contributed by atoms with Gasteiger partial charge in [0, 0.05) is 21.9 Å². The molecule has 0 spiro atoms. The van der Waals surface area contributed by atoms with Crippen molar-refractivity contribution in [2.24, 2.45) is 0 Å². The first-order valence-electron chi connectivity index (χ1n) is 6.58. The van der Waals surface area contributed by atoms with Crippen LogP contribution in [0.5, 0.6) is 0 Å². The molecule has 8 heteroatoms. The summed E-state index contributed by atoms with van der Waals surface area (Å²) in [6.45, 7) is 0.813. The van der Waals surface area contributed by atoms with E-state index in [9.17, 15) is 8.42 Å². The van der Waals surface area contributed by atoms with E-state index in [1.54, 1.807) is 6.07 Å². The molecule has 1 aliphatic rings. The molecule has 2 aromatic heterocycles. The lowest BCUT2D eigenvalue weighted by Gasteiger charge is -2.03. The molecule has 1 fully saturated rings. The van der Waals surface area contributed by atoms with Crippen LogP contribution in [0.4, 0.5) is 0 Å². The van der Waals surface area contributed by atoms with Gasteiger partial charge in [0.2, 0.25) is 5.09 Å². The number of hydrogen-bond acceptors (Lipinski definition) is 5. The Morgan fingerprint density at radius 1 is 1.29 bits per heavy atom. The molecular formula is C13H15BrN2O3S2. The summed E-state index contributed by atoms with van der Waals surface area (Å²) >= 11 is 4.87. The van der Waals surface area contributed by atoms with Crippen LogP contribution in [0.1, 0.15) is 23.5 Å². The SMILES string of the molecule is O=S(=O)(NCc1sccc1Br)c1ccc(CNC2CC2)o1. The molecule has 2 N–H and O–H groups in total. The monoisotopic (exact) mass is 390 g/mol. The molecule has 3 rings (SSSR count). The molecule has 2 aromatic rings. The van der Waals surface area contributed by atoms with Crippen LogP contribution >= 0.6 is 27.3 Å². The number of nitrogens with one attached hydrogen (secondary N) is 2. The first-order chi connectivity index (χ1) is 10.0. The second-order valence-corrected chi connectivity index (χ2v) is 8.45. The first-order valence-corrected chi connectivity index (χ1v) is 9.74. The fraction of sp³-hybridized carbons (Fsp3) is 0.385. The van der Waals surface area contributed by atoms with Crippen molar-refractivity contribution in [1.82, 2.24) is 10.0 Å². The minimum absolute atomic E-state index is 0.0391. The van der Waals surface area contributed by atoms with Gasteiger partial charge in [-0.2, -0.15) is 0 Å². The lowest BCUT2D eigenvalue weighted by atomic mass is 10.4. The van der Waals surface area contributed by atoms with Crippen molar-refractivity contribution >= 4 is 37.3 Å². The zero-order valence-corrected chi connectivity index (χ0v) is 14.4. The van der Waals surface area contributed by atoms with Gasteiger partial charge in [-0.25, -0.2) is 13.1 Å². The van der Waals surface area contributed by atoms with E-state index < -0.39 is 10.0 Å². The van der Waals surface area contributed by atoms with Crippen LogP contribution in [0.2, 0.25) is 0 Å². The van der Waals surface area contributed by atoms with Gasteiger partial charge in [-0.05, 0) is 52.4 Å².